The zero-order chi connectivity index (χ0) is 16.9. The second kappa shape index (κ2) is 7.97. The molecule has 0 radical (unpaired) electrons. The van der Waals surface area contributed by atoms with Gasteiger partial charge in [0.2, 0.25) is 5.91 Å². The van der Waals surface area contributed by atoms with Gasteiger partial charge in [-0.2, -0.15) is 0 Å². The Balaban J connectivity index is 1.49. The Kier molecular flexibility index (Phi) is 5.72. The lowest BCUT2D eigenvalue weighted by molar-refractivity contribution is -0.127. The van der Waals surface area contributed by atoms with Crippen LogP contribution in [0, 0.1) is 6.92 Å². The molecule has 0 spiro atoms. The summed E-state index contributed by atoms with van der Waals surface area (Å²) in [6.45, 7) is 6.28. The Hall–Kier alpha value is -1.62. The van der Waals surface area contributed by atoms with Crippen molar-refractivity contribution < 1.29 is 4.79 Å². The minimum Gasteiger partial charge on any atom is -0.337 e. The molecule has 0 N–H and O–H groups in total. The number of rotatable bonds is 4. The molecule has 5 heteroatoms. The Bertz CT molecular complexity index is 732. The minimum absolute atomic E-state index is 0.100. The lowest BCUT2D eigenvalue weighted by Crippen LogP contribution is -2.47. The van der Waals surface area contributed by atoms with Crippen LogP contribution in [-0.2, 0) is 11.3 Å². The van der Waals surface area contributed by atoms with E-state index in [1.54, 1.807) is 17.4 Å². The fourth-order valence-corrected chi connectivity index (χ4v) is 3.81. The molecule has 24 heavy (non-hydrogen) atoms. The van der Waals surface area contributed by atoms with Crippen LogP contribution in [0.4, 0.5) is 0 Å². The number of thiophene rings is 1. The summed E-state index contributed by atoms with van der Waals surface area (Å²) in [5.41, 5.74) is 1.22. The molecule has 0 saturated carbocycles. The van der Waals surface area contributed by atoms with Crippen molar-refractivity contribution in [2.75, 3.05) is 26.2 Å². The van der Waals surface area contributed by atoms with Gasteiger partial charge in [-0.3, -0.25) is 9.69 Å². The van der Waals surface area contributed by atoms with Crippen LogP contribution < -0.4 is 0 Å². The minimum atomic E-state index is 0.100. The third kappa shape index (κ3) is 4.69. The number of aryl methyl sites for hydroxylation is 1. The molecule has 0 bridgehead atoms. The Labute approximate surface area is 152 Å². The first-order chi connectivity index (χ1) is 11.6. The van der Waals surface area contributed by atoms with Crippen LogP contribution in [0.5, 0.6) is 0 Å². The van der Waals surface area contributed by atoms with Crippen LogP contribution in [0.25, 0.3) is 6.08 Å². The van der Waals surface area contributed by atoms with Crippen LogP contribution >= 0.6 is 22.9 Å². The van der Waals surface area contributed by atoms with Gasteiger partial charge in [-0.15, -0.1) is 11.3 Å². The van der Waals surface area contributed by atoms with Crippen molar-refractivity contribution in [3.05, 3.63) is 62.8 Å². The number of amides is 1. The van der Waals surface area contributed by atoms with Gasteiger partial charge < -0.3 is 4.90 Å². The van der Waals surface area contributed by atoms with Gasteiger partial charge in [-0.1, -0.05) is 23.7 Å². The average Bonchev–Trinajstić information content (AvgIpc) is 2.99. The van der Waals surface area contributed by atoms with Crippen molar-refractivity contribution in [2.24, 2.45) is 0 Å². The molecule has 0 atom stereocenters. The third-order valence-corrected chi connectivity index (χ3v) is 5.33. The van der Waals surface area contributed by atoms with Gasteiger partial charge in [-0.25, -0.2) is 0 Å². The Morgan fingerprint density at radius 3 is 2.67 bits per heavy atom. The van der Waals surface area contributed by atoms with E-state index in [2.05, 4.69) is 24.0 Å². The maximum Gasteiger partial charge on any atom is 0.246 e. The number of piperazine rings is 1. The number of benzene rings is 1. The largest absolute Gasteiger partial charge is 0.337 e. The average molecular weight is 361 g/mol. The highest BCUT2D eigenvalue weighted by Crippen LogP contribution is 2.17. The maximum absolute atomic E-state index is 12.3. The number of nitrogens with zero attached hydrogens (tertiary/aromatic N) is 2. The first-order valence-corrected chi connectivity index (χ1v) is 9.30. The zero-order valence-corrected chi connectivity index (χ0v) is 15.3. The maximum atomic E-state index is 12.3. The van der Waals surface area contributed by atoms with E-state index >= 15 is 0 Å². The van der Waals surface area contributed by atoms with Gasteiger partial charge in [0.15, 0.2) is 0 Å². The Morgan fingerprint density at radius 2 is 2.00 bits per heavy atom. The highest BCUT2D eigenvalue weighted by Gasteiger charge is 2.19. The monoisotopic (exact) mass is 360 g/mol. The van der Waals surface area contributed by atoms with E-state index in [-0.39, 0.29) is 5.91 Å². The van der Waals surface area contributed by atoms with Crippen molar-refractivity contribution in [1.82, 2.24) is 9.80 Å². The number of carbonyl (C=O) groups is 1. The zero-order valence-electron chi connectivity index (χ0n) is 13.7. The standard InChI is InChI=1S/C19H21ClN2OS/c1-15-5-6-18(24-15)7-8-19(23)22-11-9-21(10-12-22)14-16-3-2-4-17(20)13-16/h2-8,13H,9-12,14H2,1H3/b8-7+. The molecule has 1 aliphatic rings. The first kappa shape index (κ1) is 17.2. The number of halogens is 1. The number of hydrogen-bond donors (Lipinski definition) is 0. The van der Waals surface area contributed by atoms with E-state index in [4.69, 9.17) is 11.6 Å². The molecule has 1 aliphatic heterocycles. The molecule has 3 rings (SSSR count). The van der Waals surface area contributed by atoms with E-state index in [0.29, 0.717) is 0 Å². The molecular formula is C19H21ClN2OS. The molecule has 1 aromatic heterocycles. The van der Waals surface area contributed by atoms with E-state index < -0.39 is 0 Å². The van der Waals surface area contributed by atoms with Crippen LogP contribution in [-0.4, -0.2) is 41.9 Å². The van der Waals surface area contributed by atoms with Crippen molar-refractivity contribution in [3.63, 3.8) is 0 Å². The van der Waals surface area contributed by atoms with Crippen LogP contribution in [0.15, 0.2) is 42.5 Å². The Morgan fingerprint density at radius 1 is 1.21 bits per heavy atom. The predicted octanol–water partition coefficient (Wildman–Crippen LogP) is 4.07. The molecule has 3 nitrogen and oxygen atoms in total. The SMILES string of the molecule is Cc1ccc(/C=C/C(=O)N2CCN(Cc3cccc(Cl)c3)CC2)s1. The van der Waals surface area contributed by atoms with Crippen LogP contribution in [0.2, 0.25) is 5.02 Å². The number of carbonyl (C=O) groups excluding carboxylic acids is 1. The summed E-state index contributed by atoms with van der Waals surface area (Å²) in [7, 11) is 0. The summed E-state index contributed by atoms with van der Waals surface area (Å²) in [6.07, 6.45) is 3.61. The molecule has 2 aromatic rings. The fraction of sp³-hybridized carbons (Fsp3) is 0.316. The van der Waals surface area contributed by atoms with Gasteiger partial charge in [0.05, 0.1) is 0 Å². The highest BCUT2D eigenvalue weighted by molar-refractivity contribution is 7.12. The summed E-state index contributed by atoms with van der Waals surface area (Å²) in [4.78, 5) is 19.0. The van der Waals surface area contributed by atoms with Crippen LogP contribution in [0.3, 0.4) is 0 Å². The second-order valence-electron chi connectivity index (χ2n) is 6.01. The fourth-order valence-electron chi connectivity index (χ4n) is 2.82. The smallest absolute Gasteiger partial charge is 0.246 e. The van der Waals surface area contributed by atoms with E-state index in [9.17, 15) is 4.79 Å². The van der Waals surface area contributed by atoms with Gasteiger partial charge in [0, 0.05) is 53.6 Å². The highest BCUT2D eigenvalue weighted by atomic mass is 35.5. The summed E-state index contributed by atoms with van der Waals surface area (Å²) in [5, 5.41) is 0.773. The lowest BCUT2D eigenvalue weighted by Gasteiger charge is -2.34. The summed E-state index contributed by atoms with van der Waals surface area (Å²) in [6, 6.07) is 12.1. The van der Waals surface area contributed by atoms with E-state index in [1.807, 2.05) is 35.2 Å². The van der Waals surface area contributed by atoms with Crippen LogP contribution in [0.1, 0.15) is 15.3 Å². The molecule has 1 fully saturated rings. The number of hydrogen-bond acceptors (Lipinski definition) is 3. The lowest BCUT2D eigenvalue weighted by atomic mass is 10.2. The topological polar surface area (TPSA) is 23.6 Å². The molecule has 126 valence electrons. The van der Waals surface area contributed by atoms with Gasteiger partial charge >= 0.3 is 0 Å². The quantitative estimate of drug-likeness (QED) is 0.767. The van der Waals surface area contributed by atoms with Gasteiger partial charge in [-0.05, 0) is 42.8 Å². The van der Waals surface area contributed by atoms with Gasteiger partial charge in [0.1, 0.15) is 0 Å². The summed E-state index contributed by atoms with van der Waals surface area (Å²) < 4.78 is 0. The molecule has 1 amide bonds. The molecule has 0 unspecified atom stereocenters. The molecular weight excluding hydrogens is 340 g/mol. The predicted molar refractivity (Wildman–Crippen MR) is 101 cm³/mol. The van der Waals surface area contributed by atoms with E-state index in [1.165, 1.54) is 10.4 Å². The first-order valence-electron chi connectivity index (χ1n) is 8.10. The molecule has 0 aliphatic carbocycles. The van der Waals surface area contributed by atoms with E-state index in [0.717, 1.165) is 42.6 Å². The van der Waals surface area contributed by atoms with Crippen molar-refractivity contribution in [2.45, 2.75) is 13.5 Å². The second-order valence-corrected chi connectivity index (χ2v) is 7.77. The molecule has 1 aromatic carbocycles. The van der Waals surface area contributed by atoms with Crippen molar-refractivity contribution in [1.29, 1.82) is 0 Å². The van der Waals surface area contributed by atoms with Crippen molar-refractivity contribution >= 4 is 34.9 Å². The molecule has 1 saturated heterocycles. The van der Waals surface area contributed by atoms with Gasteiger partial charge in [0.25, 0.3) is 0 Å². The summed E-state index contributed by atoms with van der Waals surface area (Å²) >= 11 is 7.74. The normalized spacial score (nSPS) is 16.0. The van der Waals surface area contributed by atoms with Crippen molar-refractivity contribution in [3.8, 4) is 0 Å². The third-order valence-electron chi connectivity index (χ3n) is 4.13. The summed E-state index contributed by atoms with van der Waals surface area (Å²) in [5.74, 6) is 0.100. The molecule has 2 heterocycles.